The van der Waals surface area contributed by atoms with Crippen molar-refractivity contribution in [1.82, 2.24) is 14.5 Å². The third-order valence-electron chi connectivity index (χ3n) is 3.11. The van der Waals surface area contributed by atoms with E-state index in [1.165, 1.54) is 12.1 Å². The molecule has 0 fully saturated rings. The maximum Gasteiger partial charge on any atom is 0.215 e. The molecule has 0 bridgehead atoms. The summed E-state index contributed by atoms with van der Waals surface area (Å²) in [7, 11) is 1.54. The highest BCUT2D eigenvalue weighted by atomic mass is 19.1. The largest absolute Gasteiger partial charge is 0.481 e. The van der Waals surface area contributed by atoms with Gasteiger partial charge in [0.15, 0.2) is 5.65 Å². The van der Waals surface area contributed by atoms with Gasteiger partial charge < -0.3 is 10.5 Å². The molecule has 0 atom stereocenters. The first-order chi connectivity index (χ1) is 9.60. The van der Waals surface area contributed by atoms with E-state index in [9.17, 15) is 4.39 Å². The fourth-order valence-electron chi connectivity index (χ4n) is 2.18. The van der Waals surface area contributed by atoms with Gasteiger partial charge in [0, 0.05) is 6.07 Å². The van der Waals surface area contributed by atoms with E-state index < -0.39 is 0 Å². The molecule has 20 heavy (non-hydrogen) atoms. The minimum Gasteiger partial charge on any atom is -0.481 e. The van der Waals surface area contributed by atoms with Gasteiger partial charge in [-0.1, -0.05) is 0 Å². The van der Waals surface area contributed by atoms with E-state index in [1.54, 1.807) is 29.9 Å². The van der Waals surface area contributed by atoms with E-state index in [4.69, 9.17) is 10.5 Å². The number of anilines is 1. The number of rotatable bonds is 2. The Kier molecular flexibility index (Phi) is 2.78. The Bertz CT molecular complexity index is 797. The molecule has 0 aliphatic carbocycles. The molecule has 0 radical (unpaired) electrons. The second-order valence-electron chi connectivity index (χ2n) is 4.43. The minimum atomic E-state index is -0.292. The fraction of sp³-hybridized carbons (Fsp3) is 0.143. The lowest BCUT2D eigenvalue weighted by atomic mass is 10.2. The third-order valence-corrected chi connectivity index (χ3v) is 3.11. The van der Waals surface area contributed by atoms with Crippen LogP contribution in [0.25, 0.3) is 16.9 Å². The van der Waals surface area contributed by atoms with Gasteiger partial charge in [-0.25, -0.2) is 9.37 Å². The topological polar surface area (TPSA) is 66.0 Å². The molecule has 2 aromatic heterocycles. The predicted octanol–water partition coefficient (Wildman–Crippen LogP) is 2.46. The maximum absolute atomic E-state index is 13.2. The number of imidazole rings is 1. The van der Waals surface area contributed by atoms with Gasteiger partial charge in [-0.05, 0) is 36.8 Å². The monoisotopic (exact) mass is 272 g/mol. The van der Waals surface area contributed by atoms with Crippen LogP contribution in [-0.4, -0.2) is 21.6 Å². The Balaban J connectivity index is 2.31. The first-order valence-electron chi connectivity index (χ1n) is 6.05. The molecular formula is C14H13FN4O. The molecule has 2 heterocycles. The van der Waals surface area contributed by atoms with Crippen molar-refractivity contribution < 1.29 is 9.13 Å². The van der Waals surface area contributed by atoms with Crippen LogP contribution in [0.1, 0.15) is 5.56 Å². The molecule has 5 nitrogen and oxygen atoms in total. The summed E-state index contributed by atoms with van der Waals surface area (Å²) >= 11 is 0. The molecule has 0 aliphatic rings. The summed E-state index contributed by atoms with van der Waals surface area (Å²) in [6, 6.07) is 7.99. The molecule has 1 aromatic carbocycles. The number of pyridine rings is 1. The van der Waals surface area contributed by atoms with Crippen molar-refractivity contribution in [1.29, 1.82) is 0 Å². The van der Waals surface area contributed by atoms with Gasteiger partial charge in [-0.15, -0.1) is 0 Å². The lowest BCUT2D eigenvalue weighted by Crippen LogP contribution is -2.04. The van der Waals surface area contributed by atoms with Crippen molar-refractivity contribution in [2.45, 2.75) is 6.92 Å². The molecule has 2 N–H and O–H groups in total. The van der Waals surface area contributed by atoms with E-state index in [-0.39, 0.29) is 5.82 Å². The Morgan fingerprint density at radius 3 is 2.70 bits per heavy atom. The minimum absolute atomic E-state index is 0.292. The first-order valence-corrected chi connectivity index (χ1v) is 6.05. The Morgan fingerprint density at radius 2 is 2.00 bits per heavy atom. The maximum atomic E-state index is 13.2. The molecule has 102 valence electrons. The summed E-state index contributed by atoms with van der Waals surface area (Å²) in [5.41, 5.74) is 8.69. The smallest absolute Gasteiger partial charge is 0.215 e. The Morgan fingerprint density at radius 1 is 1.20 bits per heavy atom. The van der Waals surface area contributed by atoms with Crippen molar-refractivity contribution in [2.24, 2.45) is 0 Å². The van der Waals surface area contributed by atoms with E-state index in [0.29, 0.717) is 23.0 Å². The number of hydrogen-bond acceptors (Lipinski definition) is 4. The van der Waals surface area contributed by atoms with Crippen LogP contribution in [0.3, 0.4) is 0 Å². The van der Waals surface area contributed by atoms with Crippen molar-refractivity contribution >= 4 is 17.1 Å². The van der Waals surface area contributed by atoms with Crippen LogP contribution in [0.5, 0.6) is 5.88 Å². The number of aryl methyl sites for hydroxylation is 1. The van der Waals surface area contributed by atoms with Crippen LogP contribution in [0.15, 0.2) is 30.3 Å². The average Bonchev–Trinajstić information content (AvgIpc) is 2.74. The van der Waals surface area contributed by atoms with Gasteiger partial charge in [0.05, 0.1) is 12.8 Å². The van der Waals surface area contributed by atoms with Crippen LogP contribution in [0.4, 0.5) is 10.3 Å². The lowest BCUT2D eigenvalue weighted by molar-refractivity contribution is 0.399. The quantitative estimate of drug-likeness (QED) is 0.778. The second-order valence-corrected chi connectivity index (χ2v) is 4.43. The van der Waals surface area contributed by atoms with Gasteiger partial charge in [-0.2, -0.15) is 4.98 Å². The Labute approximate surface area is 114 Å². The number of nitrogens with zero attached hydrogens (tertiary/aromatic N) is 3. The highest BCUT2D eigenvalue weighted by Gasteiger charge is 2.14. The van der Waals surface area contributed by atoms with E-state index in [1.807, 2.05) is 6.92 Å². The van der Waals surface area contributed by atoms with E-state index in [2.05, 4.69) is 9.97 Å². The summed E-state index contributed by atoms with van der Waals surface area (Å²) in [4.78, 5) is 8.62. The summed E-state index contributed by atoms with van der Waals surface area (Å²) in [6.07, 6.45) is 0. The number of nitrogen functional groups attached to an aromatic ring is 1. The zero-order chi connectivity index (χ0) is 14.3. The molecule has 3 aromatic rings. The second kappa shape index (κ2) is 4.48. The van der Waals surface area contributed by atoms with Crippen molar-refractivity contribution in [3.8, 4) is 11.6 Å². The summed E-state index contributed by atoms with van der Waals surface area (Å²) in [5, 5.41) is 0. The van der Waals surface area contributed by atoms with Crippen molar-refractivity contribution in [2.75, 3.05) is 12.8 Å². The summed E-state index contributed by atoms with van der Waals surface area (Å²) < 4.78 is 20.0. The van der Waals surface area contributed by atoms with Crippen molar-refractivity contribution in [3.63, 3.8) is 0 Å². The van der Waals surface area contributed by atoms with Gasteiger partial charge in [0.25, 0.3) is 0 Å². The number of halogens is 1. The average molecular weight is 272 g/mol. The van der Waals surface area contributed by atoms with Gasteiger partial charge >= 0.3 is 0 Å². The van der Waals surface area contributed by atoms with E-state index >= 15 is 0 Å². The number of nitrogens with two attached hydrogens (primary N) is 1. The van der Waals surface area contributed by atoms with E-state index in [0.717, 1.165) is 11.3 Å². The molecule has 0 unspecified atom stereocenters. The standard InChI is InChI=1S/C14H13FN4O/c1-8-7-9(15)3-5-11(8)19-13-10(17-14(19)16)4-6-12(18-13)20-2/h3-7H,1-2H3,(H2,16,17). The normalized spacial score (nSPS) is 10.9. The van der Waals surface area contributed by atoms with Crippen LogP contribution < -0.4 is 10.5 Å². The molecule has 3 rings (SSSR count). The highest BCUT2D eigenvalue weighted by molar-refractivity contribution is 5.78. The first kappa shape index (κ1) is 12.4. The molecule has 0 amide bonds. The van der Waals surface area contributed by atoms with Crippen LogP contribution >= 0.6 is 0 Å². The molecule has 0 spiro atoms. The number of hydrogen-bond donors (Lipinski definition) is 1. The van der Waals surface area contributed by atoms with Gasteiger partial charge in [0.1, 0.15) is 11.3 Å². The van der Waals surface area contributed by atoms with Crippen molar-refractivity contribution in [3.05, 3.63) is 41.7 Å². The molecule has 6 heteroatoms. The third kappa shape index (κ3) is 1.85. The summed E-state index contributed by atoms with van der Waals surface area (Å²) in [6.45, 7) is 1.81. The number of fused-ring (bicyclic) bond motifs is 1. The number of methoxy groups -OCH3 is 1. The number of benzene rings is 1. The predicted molar refractivity (Wildman–Crippen MR) is 74.5 cm³/mol. The zero-order valence-corrected chi connectivity index (χ0v) is 11.1. The van der Waals surface area contributed by atoms with Crippen LogP contribution in [-0.2, 0) is 0 Å². The summed E-state index contributed by atoms with van der Waals surface area (Å²) in [5.74, 6) is 0.480. The molecular weight excluding hydrogens is 259 g/mol. The van der Waals surface area contributed by atoms with Crippen LogP contribution in [0.2, 0.25) is 0 Å². The van der Waals surface area contributed by atoms with Gasteiger partial charge in [-0.3, -0.25) is 4.57 Å². The molecule has 0 saturated carbocycles. The van der Waals surface area contributed by atoms with Crippen LogP contribution in [0, 0.1) is 12.7 Å². The highest BCUT2D eigenvalue weighted by Crippen LogP contribution is 2.25. The van der Waals surface area contributed by atoms with Gasteiger partial charge in [0.2, 0.25) is 11.8 Å². The lowest BCUT2D eigenvalue weighted by Gasteiger charge is -2.09. The number of ether oxygens (including phenoxy) is 1. The molecule has 0 saturated heterocycles. The molecule has 0 aliphatic heterocycles. The zero-order valence-electron chi connectivity index (χ0n) is 11.1. The number of aromatic nitrogens is 3. The fourth-order valence-corrected chi connectivity index (χ4v) is 2.18. The Hall–Kier alpha value is -2.63. The SMILES string of the molecule is COc1ccc2nc(N)n(-c3ccc(F)cc3C)c2n1.